The van der Waals surface area contributed by atoms with E-state index in [2.05, 4.69) is 4.90 Å². The standard InChI is InChI=1S/C14H21FN2O2/c15-12-3-1-2-4-13(12)19-10-9-17-7-5-14(18,11-16)6-8-17/h1-4,18H,5-11,16H2. The second kappa shape index (κ2) is 6.32. The number of piperidine rings is 1. The van der Waals surface area contributed by atoms with Crippen LogP contribution >= 0.6 is 0 Å². The first-order chi connectivity index (χ1) is 9.13. The van der Waals surface area contributed by atoms with Gasteiger partial charge in [-0.2, -0.15) is 0 Å². The van der Waals surface area contributed by atoms with Crippen molar-refractivity contribution in [2.24, 2.45) is 5.73 Å². The molecule has 0 saturated carbocycles. The van der Waals surface area contributed by atoms with Crippen LogP contribution in [0.2, 0.25) is 0 Å². The molecule has 1 fully saturated rings. The molecule has 3 N–H and O–H groups in total. The number of rotatable bonds is 5. The molecule has 1 aliphatic heterocycles. The molecular weight excluding hydrogens is 247 g/mol. The van der Waals surface area contributed by atoms with Crippen molar-refractivity contribution in [2.75, 3.05) is 32.8 Å². The van der Waals surface area contributed by atoms with Crippen LogP contribution in [0, 0.1) is 5.82 Å². The maximum absolute atomic E-state index is 13.3. The van der Waals surface area contributed by atoms with Crippen LogP contribution in [0.1, 0.15) is 12.8 Å². The van der Waals surface area contributed by atoms with E-state index in [0.29, 0.717) is 26.0 Å². The monoisotopic (exact) mass is 268 g/mol. The normalized spacial score (nSPS) is 19.3. The first-order valence-electron chi connectivity index (χ1n) is 6.65. The van der Waals surface area contributed by atoms with Crippen molar-refractivity contribution < 1.29 is 14.2 Å². The molecule has 1 heterocycles. The van der Waals surface area contributed by atoms with Gasteiger partial charge in [-0.25, -0.2) is 4.39 Å². The number of hydrogen-bond acceptors (Lipinski definition) is 4. The third kappa shape index (κ3) is 3.89. The summed E-state index contributed by atoms with van der Waals surface area (Å²) in [5, 5.41) is 10.0. The Hall–Kier alpha value is -1.17. The number of likely N-dealkylation sites (tertiary alicyclic amines) is 1. The van der Waals surface area contributed by atoms with Crippen LogP contribution in [-0.4, -0.2) is 48.4 Å². The second-order valence-electron chi connectivity index (χ2n) is 5.05. The van der Waals surface area contributed by atoms with Crippen LogP contribution in [-0.2, 0) is 0 Å². The van der Waals surface area contributed by atoms with E-state index >= 15 is 0 Å². The molecule has 0 radical (unpaired) electrons. The lowest BCUT2D eigenvalue weighted by Gasteiger charge is -2.37. The van der Waals surface area contributed by atoms with Gasteiger partial charge in [-0.15, -0.1) is 0 Å². The minimum atomic E-state index is -0.705. The van der Waals surface area contributed by atoms with Crippen molar-refractivity contribution in [3.63, 3.8) is 0 Å². The fraction of sp³-hybridized carbons (Fsp3) is 0.571. The maximum atomic E-state index is 13.3. The molecule has 0 unspecified atom stereocenters. The molecule has 2 rings (SSSR count). The van der Waals surface area contributed by atoms with E-state index in [1.165, 1.54) is 6.07 Å². The van der Waals surface area contributed by atoms with E-state index < -0.39 is 5.60 Å². The van der Waals surface area contributed by atoms with Crippen molar-refractivity contribution in [1.82, 2.24) is 4.90 Å². The first kappa shape index (κ1) is 14.2. The van der Waals surface area contributed by atoms with Crippen molar-refractivity contribution in [3.05, 3.63) is 30.1 Å². The zero-order valence-corrected chi connectivity index (χ0v) is 11.0. The zero-order valence-electron chi connectivity index (χ0n) is 11.0. The summed E-state index contributed by atoms with van der Waals surface area (Å²) in [5.74, 6) is -0.0448. The molecule has 19 heavy (non-hydrogen) atoms. The van der Waals surface area contributed by atoms with Crippen LogP contribution in [0.3, 0.4) is 0 Å². The number of hydrogen-bond donors (Lipinski definition) is 2. The van der Waals surface area contributed by atoms with Gasteiger partial charge in [0, 0.05) is 26.2 Å². The zero-order chi connectivity index (χ0) is 13.7. The number of halogens is 1. The summed E-state index contributed by atoms with van der Waals surface area (Å²) in [6.45, 7) is 3.09. The molecule has 1 saturated heterocycles. The molecular formula is C14H21FN2O2. The van der Waals surface area contributed by atoms with Crippen LogP contribution in [0.15, 0.2) is 24.3 Å². The van der Waals surface area contributed by atoms with Gasteiger partial charge in [0.1, 0.15) is 6.61 Å². The third-order valence-electron chi connectivity index (χ3n) is 3.67. The predicted octanol–water partition coefficient (Wildman–Crippen LogP) is 0.990. The SMILES string of the molecule is NCC1(O)CCN(CCOc2ccccc2F)CC1. The van der Waals surface area contributed by atoms with Gasteiger partial charge >= 0.3 is 0 Å². The number of nitrogens with zero attached hydrogens (tertiary/aromatic N) is 1. The van der Waals surface area contributed by atoms with Gasteiger partial charge < -0.3 is 15.6 Å². The van der Waals surface area contributed by atoms with E-state index in [4.69, 9.17) is 10.5 Å². The van der Waals surface area contributed by atoms with E-state index in [1.807, 2.05) is 0 Å². The summed E-state index contributed by atoms with van der Waals surface area (Å²) >= 11 is 0. The van der Waals surface area contributed by atoms with Crippen molar-refractivity contribution in [3.8, 4) is 5.75 Å². The summed E-state index contributed by atoms with van der Waals surface area (Å²) in [5.41, 5.74) is 4.84. The Bertz CT molecular complexity index is 406. The molecule has 1 aromatic carbocycles. The number of nitrogens with two attached hydrogens (primary N) is 1. The Morgan fingerprint density at radius 1 is 1.32 bits per heavy atom. The van der Waals surface area contributed by atoms with Gasteiger partial charge in [-0.3, -0.25) is 4.90 Å². The molecule has 1 aromatic rings. The van der Waals surface area contributed by atoms with Crippen molar-refractivity contribution in [2.45, 2.75) is 18.4 Å². The Morgan fingerprint density at radius 3 is 2.63 bits per heavy atom. The average molecular weight is 268 g/mol. The lowest BCUT2D eigenvalue weighted by molar-refractivity contribution is -0.0156. The second-order valence-corrected chi connectivity index (χ2v) is 5.05. The number of aliphatic hydroxyl groups is 1. The van der Waals surface area contributed by atoms with Gasteiger partial charge in [-0.1, -0.05) is 12.1 Å². The van der Waals surface area contributed by atoms with Crippen molar-refractivity contribution >= 4 is 0 Å². The van der Waals surface area contributed by atoms with Crippen LogP contribution in [0.4, 0.5) is 4.39 Å². The molecule has 0 atom stereocenters. The highest BCUT2D eigenvalue weighted by Gasteiger charge is 2.30. The lowest BCUT2D eigenvalue weighted by Crippen LogP contribution is -2.49. The first-order valence-corrected chi connectivity index (χ1v) is 6.65. The molecule has 106 valence electrons. The molecule has 0 bridgehead atoms. The number of ether oxygens (including phenoxy) is 1. The molecule has 4 nitrogen and oxygen atoms in total. The van der Waals surface area contributed by atoms with E-state index in [1.54, 1.807) is 18.2 Å². The summed E-state index contributed by atoms with van der Waals surface area (Å²) in [7, 11) is 0. The Morgan fingerprint density at radius 2 is 2.00 bits per heavy atom. The smallest absolute Gasteiger partial charge is 0.165 e. The summed E-state index contributed by atoms with van der Waals surface area (Å²) < 4.78 is 18.7. The Balaban J connectivity index is 1.72. The summed E-state index contributed by atoms with van der Waals surface area (Å²) in [6, 6.07) is 6.40. The van der Waals surface area contributed by atoms with Gasteiger partial charge in [-0.05, 0) is 25.0 Å². The highest BCUT2D eigenvalue weighted by Crippen LogP contribution is 2.21. The molecule has 0 spiro atoms. The van der Waals surface area contributed by atoms with Gasteiger partial charge in [0.2, 0.25) is 0 Å². The molecule has 0 aromatic heterocycles. The Labute approximate surface area is 113 Å². The summed E-state index contributed by atoms with van der Waals surface area (Å²) in [6.07, 6.45) is 1.37. The molecule has 5 heteroatoms. The van der Waals surface area contributed by atoms with E-state index in [9.17, 15) is 9.50 Å². The quantitative estimate of drug-likeness (QED) is 0.836. The molecule has 0 amide bonds. The van der Waals surface area contributed by atoms with Gasteiger partial charge in [0.25, 0.3) is 0 Å². The van der Waals surface area contributed by atoms with Crippen LogP contribution in [0.5, 0.6) is 5.75 Å². The number of para-hydroxylation sites is 1. The fourth-order valence-corrected chi connectivity index (χ4v) is 2.24. The molecule has 0 aliphatic carbocycles. The minimum Gasteiger partial charge on any atom is -0.489 e. The largest absolute Gasteiger partial charge is 0.489 e. The van der Waals surface area contributed by atoms with Gasteiger partial charge in [0.05, 0.1) is 5.60 Å². The lowest BCUT2D eigenvalue weighted by atomic mass is 9.92. The highest BCUT2D eigenvalue weighted by molar-refractivity contribution is 5.23. The van der Waals surface area contributed by atoms with E-state index in [-0.39, 0.29) is 11.6 Å². The van der Waals surface area contributed by atoms with Crippen molar-refractivity contribution in [1.29, 1.82) is 0 Å². The average Bonchev–Trinajstić information content (AvgIpc) is 2.43. The highest BCUT2D eigenvalue weighted by atomic mass is 19.1. The predicted molar refractivity (Wildman–Crippen MR) is 71.6 cm³/mol. The topological polar surface area (TPSA) is 58.7 Å². The minimum absolute atomic E-state index is 0.290. The maximum Gasteiger partial charge on any atom is 0.165 e. The molecule has 1 aliphatic rings. The van der Waals surface area contributed by atoms with Crippen LogP contribution in [0.25, 0.3) is 0 Å². The summed E-state index contributed by atoms with van der Waals surface area (Å²) in [4.78, 5) is 2.20. The van der Waals surface area contributed by atoms with E-state index in [0.717, 1.165) is 19.6 Å². The third-order valence-corrected chi connectivity index (χ3v) is 3.67. The van der Waals surface area contributed by atoms with Gasteiger partial charge in [0.15, 0.2) is 11.6 Å². The van der Waals surface area contributed by atoms with Crippen LogP contribution < -0.4 is 10.5 Å². The Kier molecular flexibility index (Phi) is 4.74. The fourth-order valence-electron chi connectivity index (χ4n) is 2.24. The number of benzene rings is 1.